The van der Waals surface area contributed by atoms with E-state index in [-0.39, 0.29) is 24.9 Å². The zero-order valence-corrected chi connectivity index (χ0v) is 38.5. The Kier molecular flexibility index (Phi) is 44.6. The molecule has 0 saturated heterocycles. The summed E-state index contributed by atoms with van der Waals surface area (Å²) in [5, 5.41) is 23.7. The van der Waals surface area contributed by atoms with E-state index >= 15 is 0 Å². The SMILES string of the molecule is CCCC/C=C\CCCCCC(CC(=O)NC(CO)C(O)CCCCCCCCCCCCCCC)OC(=O)CCCCCCCCCCCCCCCCCC. The number of nitrogens with one attached hydrogen (secondary N) is 1. The van der Waals surface area contributed by atoms with Crippen molar-refractivity contribution in [2.45, 2.75) is 296 Å². The van der Waals surface area contributed by atoms with E-state index in [9.17, 15) is 19.8 Å². The Labute approximate surface area is 355 Å². The van der Waals surface area contributed by atoms with Gasteiger partial charge in [-0.15, -0.1) is 0 Å². The fraction of sp³-hybridized carbons (Fsp3) is 0.922. The monoisotopic (exact) mass is 806 g/mol. The number of ether oxygens (including phenoxy) is 1. The van der Waals surface area contributed by atoms with Gasteiger partial charge in [-0.05, 0) is 44.9 Å². The van der Waals surface area contributed by atoms with Crippen molar-refractivity contribution in [1.82, 2.24) is 5.32 Å². The molecule has 0 aromatic carbocycles. The van der Waals surface area contributed by atoms with Gasteiger partial charge >= 0.3 is 5.97 Å². The fourth-order valence-corrected chi connectivity index (χ4v) is 7.94. The van der Waals surface area contributed by atoms with Crippen molar-refractivity contribution in [1.29, 1.82) is 0 Å². The highest BCUT2D eigenvalue weighted by Crippen LogP contribution is 2.18. The molecule has 57 heavy (non-hydrogen) atoms. The van der Waals surface area contributed by atoms with Crippen LogP contribution in [0.25, 0.3) is 0 Å². The van der Waals surface area contributed by atoms with Gasteiger partial charge in [0.25, 0.3) is 0 Å². The summed E-state index contributed by atoms with van der Waals surface area (Å²) < 4.78 is 5.91. The van der Waals surface area contributed by atoms with Crippen LogP contribution < -0.4 is 5.32 Å². The fourth-order valence-electron chi connectivity index (χ4n) is 7.94. The van der Waals surface area contributed by atoms with Crippen molar-refractivity contribution >= 4 is 11.9 Å². The molecule has 3 atom stereocenters. The number of aliphatic hydroxyl groups excluding tert-OH is 2. The van der Waals surface area contributed by atoms with Crippen molar-refractivity contribution in [2.75, 3.05) is 6.61 Å². The summed E-state index contributed by atoms with van der Waals surface area (Å²) in [6, 6.07) is -0.698. The van der Waals surface area contributed by atoms with Gasteiger partial charge < -0.3 is 20.3 Å². The summed E-state index contributed by atoms with van der Waals surface area (Å²) in [5.74, 6) is -0.476. The predicted molar refractivity (Wildman–Crippen MR) is 246 cm³/mol. The van der Waals surface area contributed by atoms with Crippen LogP contribution in [0, 0.1) is 0 Å². The lowest BCUT2D eigenvalue weighted by Gasteiger charge is -2.24. The number of carbonyl (C=O) groups excluding carboxylic acids is 2. The highest BCUT2D eigenvalue weighted by Gasteiger charge is 2.24. The average Bonchev–Trinajstić information content (AvgIpc) is 3.20. The molecule has 0 aliphatic heterocycles. The lowest BCUT2D eigenvalue weighted by atomic mass is 10.0. The van der Waals surface area contributed by atoms with Gasteiger partial charge in [-0.1, -0.05) is 232 Å². The van der Waals surface area contributed by atoms with E-state index in [1.54, 1.807) is 0 Å². The molecule has 1 amide bonds. The molecule has 0 saturated carbocycles. The van der Waals surface area contributed by atoms with Crippen molar-refractivity contribution in [3.05, 3.63) is 12.2 Å². The maximum atomic E-state index is 13.1. The highest BCUT2D eigenvalue weighted by molar-refractivity contribution is 5.77. The molecule has 3 N–H and O–H groups in total. The molecule has 0 heterocycles. The number of unbranched alkanes of at least 4 members (excludes halogenated alkanes) is 32. The molecule has 0 aliphatic rings. The van der Waals surface area contributed by atoms with Gasteiger partial charge in [0.1, 0.15) is 6.10 Å². The summed E-state index contributed by atoms with van der Waals surface area (Å²) in [4.78, 5) is 26.0. The van der Waals surface area contributed by atoms with Crippen LogP contribution in [0.5, 0.6) is 0 Å². The minimum absolute atomic E-state index is 0.0730. The third-order valence-corrected chi connectivity index (χ3v) is 11.8. The van der Waals surface area contributed by atoms with E-state index in [1.165, 1.54) is 167 Å². The standard InChI is InChI=1S/C51H99NO5/c1-4-7-10-13-16-19-21-23-24-25-27-29-32-35-38-41-44-51(56)57-47(42-39-36-33-30-18-15-12-9-6-3)45-50(55)52-48(46-53)49(54)43-40-37-34-31-28-26-22-20-17-14-11-8-5-2/h15,18,47-49,53-54H,4-14,16-17,19-46H2,1-3H3,(H,52,55)/b18-15-. The minimum Gasteiger partial charge on any atom is -0.462 e. The third kappa shape index (κ3) is 41.1. The van der Waals surface area contributed by atoms with Crippen molar-refractivity contribution in [3.63, 3.8) is 0 Å². The third-order valence-electron chi connectivity index (χ3n) is 11.8. The topological polar surface area (TPSA) is 95.9 Å². The molecule has 338 valence electrons. The average molecular weight is 806 g/mol. The van der Waals surface area contributed by atoms with Crippen molar-refractivity contribution < 1.29 is 24.5 Å². The van der Waals surface area contributed by atoms with E-state index in [2.05, 4.69) is 38.2 Å². The first-order valence-electron chi connectivity index (χ1n) is 25.4. The number of rotatable bonds is 46. The van der Waals surface area contributed by atoms with E-state index in [4.69, 9.17) is 4.74 Å². The zero-order chi connectivity index (χ0) is 41.7. The largest absolute Gasteiger partial charge is 0.462 e. The first kappa shape index (κ1) is 55.6. The molecule has 0 spiro atoms. The Morgan fingerprint density at radius 2 is 0.860 bits per heavy atom. The molecule has 0 aromatic heterocycles. The van der Waals surface area contributed by atoms with Crippen molar-refractivity contribution in [2.24, 2.45) is 0 Å². The van der Waals surface area contributed by atoms with Gasteiger partial charge in [0.2, 0.25) is 5.91 Å². The lowest BCUT2D eigenvalue weighted by Crippen LogP contribution is -2.46. The number of amides is 1. The Bertz CT molecular complexity index is 863. The van der Waals surface area contributed by atoms with E-state index in [1.807, 2.05) is 0 Å². The van der Waals surface area contributed by atoms with Crippen LogP contribution >= 0.6 is 0 Å². The smallest absolute Gasteiger partial charge is 0.306 e. The molecule has 6 nitrogen and oxygen atoms in total. The zero-order valence-electron chi connectivity index (χ0n) is 38.5. The number of esters is 1. The quantitative estimate of drug-likeness (QED) is 0.0323. The molecule has 3 unspecified atom stereocenters. The number of carbonyl (C=O) groups is 2. The molecule has 6 heteroatoms. The van der Waals surface area contributed by atoms with Gasteiger partial charge in [0, 0.05) is 6.42 Å². The second-order valence-corrected chi connectivity index (χ2v) is 17.6. The molecular formula is C51H99NO5. The van der Waals surface area contributed by atoms with Crippen LogP contribution in [-0.4, -0.2) is 46.9 Å². The molecule has 0 rings (SSSR count). The maximum Gasteiger partial charge on any atom is 0.306 e. The van der Waals surface area contributed by atoms with Crippen LogP contribution in [0.2, 0.25) is 0 Å². The molecule has 0 fully saturated rings. The van der Waals surface area contributed by atoms with Crippen LogP contribution in [0.15, 0.2) is 12.2 Å². The molecular weight excluding hydrogens is 707 g/mol. The normalized spacial score (nSPS) is 13.3. The highest BCUT2D eigenvalue weighted by atomic mass is 16.5. The minimum atomic E-state index is -0.784. The maximum absolute atomic E-state index is 13.1. The van der Waals surface area contributed by atoms with Gasteiger partial charge in [-0.3, -0.25) is 9.59 Å². The number of hydrogen-bond donors (Lipinski definition) is 3. The molecule has 0 bridgehead atoms. The summed E-state index contributed by atoms with van der Waals surface area (Å²) in [7, 11) is 0. The molecule has 0 radical (unpaired) electrons. The summed E-state index contributed by atoms with van der Waals surface area (Å²) in [5.41, 5.74) is 0. The Morgan fingerprint density at radius 1 is 0.491 bits per heavy atom. The van der Waals surface area contributed by atoms with Crippen LogP contribution in [0.1, 0.15) is 278 Å². The Morgan fingerprint density at radius 3 is 1.30 bits per heavy atom. The molecule has 0 aromatic rings. The van der Waals surface area contributed by atoms with Gasteiger partial charge in [0.05, 0.1) is 25.2 Å². The van der Waals surface area contributed by atoms with Crippen LogP contribution in [-0.2, 0) is 14.3 Å². The Balaban J connectivity index is 4.43. The van der Waals surface area contributed by atoms with Gasteiger partial charge in [0.15, 0.2) is 0 Å². The summed E-state index contributed by atoms with van der Waals surface area (Å²) in [6.45, 7) is 6.45. The number of allylic oxidation sites excluding steroid dienone is 2. The first-order chi connectivity index (χ1) is 28.0. The van der Waals surface area contributed by atoms with Gasteiger partial charge in [-0.2, -0.15) is 0 Å². The first-order valence-corrected chi connectivity index (χ1v) is 25.4. The molecule has 0 aliphatic carbocycles. The van der Waals surface area contributed by atoms with Crippen LogP contribution in [0.4, 0.5) is 0 Å². The van der Waals surface area contributed by atoms with E-state index in [0.29, 0.717) is 19.3 Å². The predicted octanol–water partition coefficient (Wildman–Crippen LogP) is 15.0. The number of hydrogen-bond acceptors (Lipinski definition) is 5. The van der Waals surface area contributed by atoms with E-state index in [0.717, 1.165) is 64.2 Å². The van der Waals surface area contributed by atoms with E-state index < -0.39 is 18.2 Å². The van der Waals surface area contributed by atoms with Crippen LogP contribution in [0.3, 0.4) is 0 Å². The second kappa shape index (κ2) is 45.7. The summed E-state index contributed by atoms with van der Waals surface area (Å²) in [6.07, 6.45) is 49.9. The Hall–Kier alpha value is -1.40. The van der Waals surface area contributed by atoms with Crippen molar-refractivity contribution in [3.8, 4) is 0 Å². The lowest BCUT2D eigenvalue weighted by molar-refractivity contribution is -0.151. The second-order valence-electron chi connectivity index (χ2n) is 17.6. The van der Waals surface area contributed by atoms with Gasteiger partial charge in [-0.25, -0.2) is 0 Å². The number of aliphatic hydroxyl groups is 2. The summed E-state index contributed by atoms with van der Waals surface area (Å²) >= 11 is 0.